The van der Waals surface area contributed by atoms with Crippen LogP contribution >= 0.6 is 7.82 Å². The molecule has 0 radical (unpaired) electrons. The van der Waals surface area contributed by atoms with Crippen LogP contribution in [-0.2, 0) is 27.9 Å². The lowest BCUT2D eigenvalue weighted by atomic mass is 10.0. The summed E-state index contributed by atoms with van der Waals surface area (Å²) in [5.74, 6) is -0.563. The molecule has 9 nitrogen and oxygen atoms in total. The van der Waals surface area contributed by atoms with E-state index in [9.17, 15) is 19.0 Å². The minimum atomic E-state index is -4.70. The Morgan fingerprint density at radius 2 is 0.792 bits per heavy atom. The fourth-order valence-corrected chi connectivity index (χ4v) is 9.81. The van der Waals surface area contributed by atoms with E-state index in [1.165, 1.54) is 154 Å². The number of likely N-dealkylation sites (N-methyl/N-ethyl adjacent to an activating group) is 1. The normalized spacial score (nSPS) is 14.1. The summed E-state index contributed by atoms with van der Waals surface area (Å²) in [6.45, 7) is 6.80. The molecule has 0 rings (SSSR count). The molecule has 0 saturated heterocycles. The maximum atomic E-state index is 13.5. The van der Waals surface area contributed by atoms with Crippen molar-refractivity contribution in [1.29, 1.82) is 0 Å². The van der Waals surface area contributed by atoms with Crippen molar-refractivity contribution in [2.45, 2.75) is 303 Å². The summed E-state index contributed by atoms with van der Waals surface area (Å²) in [6, 6.07) is -0.900. The highest BCUT2D eigenvalue weighted by molar-refractivity contribution is 7.45. The molecule has 3 unspecified atom stereocenters. The van der Waals surface area contributed by atoms with Gasteiger partial charge in [0.25, 0.3) is 7.82 Å². The quantitative estimate of drug-likeness (QED) is 0.0212. The Hall–Kier alpha value is -2.55. The number of amides is 1. The Morgan fingerprint density at radius 1 is 0.455 bits per heavy atom. The molecule has 3 atom stereocenters. The van der Waals surface area contributed by atoms with Crippen LogP contribution in [0.25, 0.3) is 0 Å². The van der Waals surface area contributed by atoms with Gasteiger partial charge in [-0.3, -0.25) is 14.2 Å². The number of ether oxygens (including phenoxy) is 1. The van der Waals surface area contributed by atoms with E-state index in [-0.39, 0.29) is 24.9 Å². The molecule has 0 aliphatic heterocycles. The molecule has 0 aromatic rings. The van der Waals surface area contributed by atoms with E-state index in [1.807, 2.05) is 33.3 Å². The first-order valence-electron chi connectivity index (χ1n) is 32.2. The van der Waals surface area contributed by atoms with Crippen LogP contribution in [-0.4, -0.2) is 69.4 Å². The van der Waals surface area contributed by atoms with E-state index >= 15 is 0 Å². The van der Waals surface area contributed by atoms with Crippen molar-refractivity contribution in [2.75, 3.05) is 40.9 Å². The van der Waals surface area contributed by atoms with Crippen LogP contribution in [0, 0.1) is 0 Å². The summed E-state index contributed by atoms with van der Waals surface area (Å²) in [5.41, 5.74) is 0. The third-order valence-electron chi connectivity index (χ3n) is 14.1. The maximum absolute atomic E-state index is 13.5. The monoisotopic (exact) mass is 1100 g/mol. The van der Waals surface area contributed by atoms with Crippen molar-refractivity contribution >= 4 is 19.7 Å². The number of unbranched alkanes of at least 4 members (excludes halogenated alkanes) is 32. The number of rotatable bonds is 58. The minimum Gasteiger partial charge on any atom is -0.756 e. The highest BCUT2D eigenvalue weighted by atomic mass is 31.2. The molecule has 0 heterocycles. The van der Waals surface area contributed by atoms with Gasteiger partial charge in [-0.25, -0.2) is 0 Å². The zero-order chi connectivity index (χ0) is 56.4. The molecule has 0 bridgehead atoms. The van der Waals surface area contributed by atoms with Crippen LogP contribution in [0.1, 0.15) is 290 Å². The Morgan fingerprint density at radius 3 is 1.23 bits per heavy atom. The van der Waals surface area contributed by atoms with E-state index < -0.39 is 26.6 Å². The number of phosphoric acid groups is 1. The lowest BCUT2D eigenvalue weighted by Gasteiger charge is -2.30. The molecule has 0 aromatic carbocycles. The lowest BCUT2D eigenvalue weighted by molar-refractivity contribution is -0.870. The highest BCUT2D eigenvalue weighted by Crippen LogP contribution is 2.38. The second kappa shape index (κ2) is 56.7. The Balaban J connectivity index is 5.18. The number of carbonyl (C=O) groups excluding carboxylic acids is 2. The fourth-order valence-electron chi connectivity index (χ4n) is 9.09. The molecular formula is C67H123N2O7P. The van der Waals surface area contributed by atoms with E-state index in [4.69, 9.17) is 13.8 Å². The van der Waals surface area contributed by atoms with E-state index in [0.717, 1.165) is 96.3 Å². The molecule has 77 heavy (non-hydrogen) atoms. The van der Waals surface area contributed by atoms with Gasteiger partial charge in [0.1, 0.15) is 19.3 Å². The third-order valence-corrected chi connectivity index (χ3v) is 15.1. The molecular weight excluding hydrogens is 976 g/mol. The van der Waals surface area contributed by atoms with Crippen molar-refractivity contribution in [3.05, 3.63) is 72.9 Å². The molecule has 0 aliphatic carbocycles. The summed E-state index contributed by atoms with van der Waals surface area (Å²) in [4.78, 5) is 40.0. The molecule has 0 spiro atoms. The zero-order valence-electron chi connectivity index (χ0n) is 51.2. The van der Waals surface area contributed by atoms with Gasteiger partial charge in [-0.1, -0.05) is 248 Å². The van der Waals surface area contributed by atoms with Gasteiger partial charge in [0, 0.05) is 12.8 Å². The first-order chi connectivity index (χ1) is 37.4. The standard InChI is InChI=1S/C67H123N2O7P/c1-7-10-13-16-19-22-25-28-29-30-31-32-33-34-35-36-37-38-39-42-45-48-51-54-57-60-67(71)76-65(58-55-52-49-46-43-40-26-23-20-17-14-11-8-2)64(63-75-77(72,73)74-62-61-69(4,5)6)68-66(70)59-56-53-50-47-44-41-27-24-21-18-15-12-9-3/h19,22,28-29,31-32,34-35,41,44,55,58,64-65H,7-18,20-21,23-27,30,33,36-40,42-43,45-54,56-57,59-63H2,1-6H3,(H-,68,70,72,73)/b22-19-,29-28-,32-31-,35-34-,44-41-,58-55-. The Bertz CT molecular complexity index is 1550. The number of nitrogens with zero attached hydrogens (tertiary/aromatic N) is 1. The largest absolute Gasteiger partial charge is 0.756 e. The van der Waals surface area contributed by atoms with Crippen molar-refractivity contribution < 1.29 is 37.3 Å². The molecule has 0 saturated carbocycles. The van der Waals surface area contributed by atoms with Gasteiger partial charge < -0.3 is 28.5 Å². The SMILES string of the molecule is CCCCC/C=C\C/C=C\C/C=C\C/C=C\CCCCCCCCCCCC(=O)OC(/C=C\CCCCCCCCCCCCC)C(COP(=O)([O-])OCC[N+](C)(C)C)NC(=O)CCCCC/C=C\CCCCCCCC. The fraction of sp³-hybridized carbons (Fsp3) is 0.791. The Kier molecular flexibility index (Phi) is 54.8. The number of hydrogen-bond donors (Lipinski definition) is 1. The van der Waals surface area contributed by atoms with Gasteiger partial charge in [0.05, 0.1) is 33.8 Å². The minimum absolute atomic E-state index is 0.0276. The predicted molar refractivity (Wildman–Crippen MR) is 330 cm³/mol. The highest BCUT2D eigenvalue weighted by Gasteiger charge is 2.27. The van der Waals surface area contributed by atoms with E-state index in [0.29, 0.717) is 23.9 Å². The van der Waals surface area contributed by atoms with Crippen LogP contribution in [0.2, 0.25) is 0 Å². The van der Waals surface area contributed by atoms with Crippen LogP contribution < -0.4 is 10.2 Å². The van der Waals surface area contributed by atoms with E-state index in [1.54, 1.807) is 0 Å². The molecule has 1 N–H and O–H groups in total. The van der Waals surface area contributed by atoms with Gasteiger partial charge in [0.2, 0.25) is 5.91 Å². The summed E-state index contributed by atoms with van der Waals surface area (Å²) in [7, 11) is 1.17. The van der Waals surface area contributed by atoms with Gasteiger partial charge in [-0.05, 0) is 102 Å². The average Bonchev–Trinajstić information content (AvgIpc) is 3.39. The molecule has 448 valence electrons. The van der Waals surface area contributed by atoms with Crippen LogP contribution in [0.4, 0.5) is 0 Å². The summed E-state index contributed by atoms with van der Waals surface area (Å²) >= 11 is 0. The topological polar surface area (TPSA) is 114 Å². The average molecular weight is 1100 g/mol. The second-order valence-corrected chi connectivity index (χ2v) is 24.3. The molecule has 0 fully saturated rings. The van der Waals surface area contributed by atoms with E-state index in [2.05, 4.69) is 86.8 Å². The molecule has 0 aromatic heterocycles. The molecule has 10 heteroatoms. The number of phosphoric ester groups is 1. The van der Waals surface area contributed by atoms with Crippen LogP contribution in [0.15, 0.2) is 72.9 Å². The number of nitrogens with one attached hydrogen (secondary N) is 1. The predicted octanol–water partition coefficient (Wildman–Crippen LogP) is 19.4. The number of quaternary nitrogens is 1. The zero-order valence-corrected chi connectivity index (χ0v) is 52.0. The van der Waals surface area contributed by atoms with Crippen LogP contribution in [0.5, 0.6) is 0 Å². The molecule has 1 amide bonds. The first-order valence-corrected chi connectivity index (χ1v) is 33.7. The molecule has 0 aliphatic rings. The smallest absolute Gasteiger partial charge is 0.306 e. The lowest BCUT2D eigenvalue weighted by Crippen LogP contribution is -2.47. The number of hydrogen-bond acceptors (Lipinski definition) is 7. The van der Waals surface area contributed by atoms with Gasteiger partial charge in [-0.15, -0.1) is 0 Å². The van der Waals surface area contributed by atoms with Gasteiger partial charge in [-0.2, -0.15) is 0 Å². The number of allylic oxidation sites excluding steroid dienone is 11. The van der Waals surface area contributed by atoms with Crippen molar-refractivity contribution in [1.82, 2.24) is 5.32 Å². The van der Waals surface area contributed by atoms with Crippen molar-refractivity contribution in [3.8, 4) is 0 Å². The summed E-state index contributed by atoms with van der Waals surface area (Å²) in [5, 5.41) is 3.02. The summed E-state index contributed by atoms with van der Waals surface area (Å²) in [6.07, 6.45) is 73.0. The van der Waals surface area contributed by atoms with Crippen molar-refractivity contribution in [2.24, 2.45) is 0 Å². The maximum Gasteiger partial charge on any atom is 0.306 e. The number of esters is 1. The first kappa shape index (κ1) is 74.5. The third kappa shape index (κ3) is 57.9. The Labute approximate surface area is 476 Å². The number of carbonyl (C=O) groups is 2. The van der Waals surface area contributed by atoms with Crippen LogP contribution in [0.3, 0.4) is 0 Å². The van der Waals surface area contributed by atoms with Gasteiger partial charge >= 0.3 is 5.97 Å². The second-order valence-electron chi connectivity index (χ2n) is 22.9. The summed E-state index contributed by atoms with van der Waals surface area (Å²) < 4.78 is 30.3. The van der Waals surface area contributed by atoms with Gasteiger partial charge in [0.15, 0.2) is 0 Å². The van der Waals surface area contributed by atoms with Crippen molar-refractivity contribution in [3.63, 3.8) is 0 Å².